The summed E-state index contributed by atoms with van der Waals surface area (Å²) in [6.07, 6.45) is 3.18. The third-order valence-electron chi connectivity index (χ3n) is 3.33. The van der Waals surface area contributed by atoms with E-state index in [0.717, 1.165) is 11.1 Å². The molecule has 3 rings (SSSR count). The lowest BCUT2D eigenvalue weighted by Crippen LogP contribution is -2.05. The summed E-state index contributed by atoms with van der Waals surface area (Å²) in [6, 6.07) is 9.29. The predicted octanol–water partition coefficient (Wildman–Crippen LogP) is 4.38. The van der Waals surface area contributed by atoms with Gasteiger partial charge in [0.2, 0.25) is 0 Å². The van der Waals surface area contributed by atoms with Crippen LogP contribution in [0.3, 0.4) is 0 Å². The molecule has 0 spiro atoms. The highest BCUT2D eigenvalue weighted by molar-refractivity contribution is 7.10. The lowest BCUT2D eigenvalue weighted by Gasteiger charge is -2.15. The molecule has 2 aromatic heterocycles. The topological polar surface area (TPSA) is 68.1 Å². The highest BCUT2D eigenvalue weighted by Gasteiger charge is 2.15. The zero-order valence-electron chi connectivity index (χ0n) is 11.3. The van der Waals surface area contributed by atoms with E-state index in [0.29, 0.717) is 5.39 Å². The lowest BCUT2D eigenvalue weighted by atomic mass is 10.1. The largest absolute Gasteiger partial charge is 0.377 e. The molecule has 0 fully saturated rings. The van der Waals surface area contributed by atoms with Gasteiger partial charge in [-0.3, -0.25) is 15.1 Å². The van der Waals surface area contributed by atoms with Gasteiger partial charge < -0.3 is 5.32 Å². The second-order valence-electron chi connectivity index (χ2n) is 4.69. The molecule has 5 nitrogen and oxygen atoms in total. The maximum atomic E-state index is 11.1. The number of rotatable bonds is 4. The molecule has 1 atom stereocenters. The van der Waals surface area contributed by atoms with Gasteiger partial charge in [0.15, 0.2) is 0 Å². The van der Waals surface area contributed by atoms with Crippen LogP contribution in [0.1, 0.15) is 17.8 Å². The first kappa shape index (κ1) is 13.5. The van der Waals surface area contributed by atoms with E-state index in [1.54, 1.807) is 29.7 Å². The van der Waals surface area contributed by atoms with Crippen molar-refractivity contribution in [3.8, 4) is 0 Å². The Morgan fingerprint density at radius 1 is 1.29 bits per heavy atom. The molecule has 0 saturated heterocycles. The minimum Gasteiger partial charge on any atom is -0.377 e. The number of aromatic nitrogens is 1. The van der Waals surface area contributed by atoms with E-state index in [1.165, 1.54) is 17.1 Å². The molecular formula is C15H13N3O2S. The standard InChI is InChI=1S/C15H13N3O2S/c1-10(15-3-2-8-21-15)17-13-4-5-14(18(19)20)12-9-16-7-6-11(12)13/h2-10,17H,1H3. The fourth-order valence-corrected chi connectivity index (χ4v) is 3.04. The van der Waals surface area contributed by atoms with Crippen molar-refractivity contribution in [2.75, 3.05) is 5.32 Å². The Bertz CT molecular complexity index is 787. The Morgan fingerprint density at radius 3 is 2.86 bits per heavy atom. The molecular weight excluding hydrogens is 286 g/mol. The highest BCUT2D eigenvalue weighted by Crippen LogP contribution is 2.33. The van der Waals surface area contributed by atoms with E-state index in [4.69, 9.17) is 0 Å². The van der Waals surface area contributed by atoms with Gasteiger partial charge >= 0.3 is 0 Å². The van der Waals surface area contributed by atoms with Gasteiger partial charge in [0.05, 0.1) is 16.4 Å². The number of fused-ring (bicyclic) bond motifs is 1. The summed E-state index contributed by atoms with van der Waals surface area (Å²) < 4.78 is 0. The maximum Gasteiger partial charge on any atom is 0.278 e. The van der Waals surface area contributed by atoms with Gasteiger partial charge in [-0.2, -0.15) is 0 Å². The maximum absolute atomic E-state index is 11.1. The summed E-state index contributed by atoms with van der Waals surface area (Å²) in [7, 11) is 0. The summed E-state index contributed by atoms with van der Waals surface area (Å²) in [5.41, 5.74) is 0.950. The van der Waals surface area contributed by atoms with Crippen LogP contribution in [0, 0.1) is 10.1 Å². The second kappa shape index (κ2) is 5.49. The molecule has 1 aromatic carbocycles. The average molecular weight is 299 g/mol. The number of nitro benzene ring substituents is 1. The van der Waals surface area contributed by atoms with E-state index in [2.05, 4.69) is 23.3 Å². The molecule has 3 aromatic rings. The van der Waals surface area contributed by atoms with Crippen LogP contribution in [0.25, 0.3) is 10.8 Å². The number of hydrogen-bond donors (Lipinski definition) is 1. The van der Waals surface area contributed by atoms with Gasteiger partial charge in [0, 0.05) is 34.4 Å². The minimum absolute atomic E-state index is 0.0763. The molecule has 0 amide bonds. The van der Waals surface area contributed by atoms with Crippen molar-refractivity contribution in [2.45, 2.75) is 13.0 Å². The zero-order chi connectivity index (χ0) is 14.8. The predicted molar refractivity (Wildman–Crippen MR) is 84.8 cm³/mol. The zero-order valence-corrected chi connectivity index (χ0v) is 12.1. The first-order valence-electron chi connectivity index (χ1n) is 6.48. The minimum atomic E-state index is -0.378. The quantitative estimate of drug-likeness (QED) is 0.573. The number of benzene rings is 1. The summed E-state index contributed by atoms with van der Waals surface area (Å²) in [5.74, 6) is 0. The SMILES string of the molecule is CC(Nc1ccc([N+](=O)[O-])c2cnccc12)c1cccs1. The van der Waals surface area contributed by atoms with Crippen molar-refractivity contribution in [1.29, 1.82) is 0 Å². The summed E-state index contributed by atoms with van der Waals surface area (Å²) in [6.45, 7) is 2.07. The number of pyridine rings is 1. The van der Waals surface area contributed by atoms with Crippen molar-refractivity contribution >= 4 is 33.5 Å². The molecule has 1 unspecified atom stereocenters. The van der Waals surface area contributed by atoms with Crippen LogP contribution < -0.4 is 5.32 Å². The normalized spacial score (nSPS) is 12.2. The third kappa shape index (κ3) is 2.57. The molecule has 1 N–H and O–H groups in total. The van der Waals surface area contributed by atoms with E-state index in [1.807, 2.05) is 11.4 Å². The number of thiophene rings is 1. The molecule has 21 heavy (non-hydrogen) atoms. The monoisotopic (exact) mass is 299 g/mol. The first-order chi connectivity index (χ1) is 10.2. The van der Waals surface area contributed by atoms with Crippen molar-refractivity contribution < 1.29 is 4.92 Å². The molecule has 0 aliphatic heterocycles. The van der Waals surface area contributed by atoms with Crippen LogP contribution in [0.5, 0.6) is 0 Å². The van der Waals surface area contributed by atoms with Gasteiger partial charge in [-0.15, -0.1) is 11.3 Å². The molecule has 0 aliphatic carbocycles. The number of non-ortho nitro benzene ring substituents is 1. The molecule has 2 heterocycles. The lowest BCUT2D eigenvalue weighted by molar-refractivity contribution is -0.383. The summed E-state index contributed by atoms with van der Waals surface area (Å²) >= 11 is 1.68. The summed E-state index contributed by atoms with van der Waals surface area (Å²) in [5, 5.41) is 17.9. The van der Waals surface area contributed by atoms with Crippen LogP contribution >= 0.6 is 11.3 Å². The Labute approximate surface area is 125 Å². The smallest absolute Gasteiger partial charge is 0.278 e. The van der Waals surface area contributed by atoms with E-state index in [-0.39, 0.29) is 16.7 Å². The van der Waals surface area contributed by atoms with Crippen LogP contribution in [0.4, 0.5) is 11.4 Å². The number of nitrogens with zero attached hydrogens (tertiary/aromatic N) is 2. The number of hydrogen-bond acceptors (Lipinski definition) is 5. The van der Waals surface area contributed by atoms with Gasteiger partial charge in [-0.05, 0) is 30.5 Å². The van der Waals surface area contributed by atoms with Gasteiger partial charge in [-0.25, -0.2) is 0 Å². The molecule has 106 valence electrons. The third-order valence-corrected chi connectivity index (χ3v) is 4.39. The van der Waals surface area contributed by atoms with Crippen molar-refractivity contribution in [2.24, 2.45) is 0 Å². The van der Waals surface area contributed by atoms with E-state index >= 15 is 0 Å². The second-order valence-corrected chi connectivity index (χ2v) is 5.67. The van der Waals surface area contributed by atoms with Gasteiger partial charge in [-0.1, -0.05) is 6.07 Å². The number of nitrogens with one attached hydrogen (secondary N) is 1. The van der Waals surface area contributed by atoms with Gasteiger partial charge in [0.25, 0.3) is 5.69 Å². The molecule has 0 radical (unpaired) electrons. The van der Waals surface area contributed by atoms with E-state index in [9.17, 15) is 10.1 Å². The van der Waals surface area contributed by atoms with Crippen molar-refractivity contribution in [3.05, 3.63) is 63.1 Å². The van der Waals surface area contributed by atoms with Crippen LogP contribution in [-0.4, -0.2) is 9.91 Å². The van der Waals surface area contributed by atoms with Gasteiger partial charge in [0.1, 0.15) is 0 Å². The highest BCUT2D eigenvalue weighted by atomic mass is 32.1. The summed E-state index contributed by atoms with van der Waals surface area (Å²) in [4.78, 5) is 15.9. The fourth-order valence-electron chi connectivity index (χ4n) is 2.30. The van der Waals surface area contributed by atoms with Crippen LogP contribution in [0.15, 0.2) is 48.1 Å². The Hall–Kier alpha value is -2.47. The number of anilines is 1. The Morgan fingerprint density at radius 2 is 2.14 bits per heavy atom. The van der Waals surface area contributed by atoms with E-state index < -0.39 is 0 Å². The fraction of sp³-hybridized carbons (Fsp3) is 0.133. The molecule has 6 heteroatoms. The average Bonchev–Trinajstić information content (AvgIpc) is 3.01. The number of nitro groups is 1. The first-order valence-corrected chi connectivity index (χ1v) is 7.36. The Balaban J connectivity index is 2.04. The van der Waals surface area contributed by atoms with Crippen molar-refractivity contribution in [1.82, 2.24) is 4.98 Å². The molecule has 0 bridgehead atoms. The molecule has 0 saturated carbocycles. The van der Waals surface area contributed by atoms with Crippen molar-refractivity contribution in [3.63, 3.8) is 0 Å². The Kier molecular flexibility index (Phi) is 3.53. The van der Waals surface area contributed by atoms with Crippen LogP contribution in [-0.2, 0) is 0 Å². The molecule has 0 aliphatic rings. The van der Waals surface area contributed by atoms with Crippen LogP contribution in [0.2, 0.25) is 0 Å².